The first kappa shape index (κ1) is 20.0. The maximum Gasteiger partial charge on any atom is 0.391 e. The zero-order chi connectivity index (χ0) is 16.0. The first-order valence-electron chi connectivity index (χ1n) is 7.50. The minimum atomic E-state index is -4.07. The lowest BCUT2D eigenvalue weighted by atomic mass is 9.85. The summed E-state index contributed by atoms with van der Waals surface area (Å²) in [6.07, 6.45) is -1.26. The molecular formula is C14H22F3IN4O. The first-order chi connectivity index (χ1) is 10.5. The summed E-state index contributed by atoms with van der Waals surface area (Å²) in [4.78, 5) is 4.37. The molecule has 2 rings (SSSR count). The lowest BCUT2D eigenvalue weighted by Gasteiger charge is -2.31. The van der Waals surface area contributed by atoms with Gasteiger partial charge in [0.25, 0.3) is 0 Å². The molecule has 0 amide bonds. The van der Waals surface area contributed by atoms with E-state index in [0.717, 1.165) is 0 Å². The molecule has 23 heavy (non-hydrogen) atoms. The average molecular weight is 446 g/mol. The van der Waals surface area contributed by atoms with Gasteiger partial charge in [-0.3, -0.25) is 0 Å². The van der Waals surface area contributed by atoms with Crippen LogP contribution in [0.4, 0.5) is 13.2 Å². The van der Waals surface area contributed by atoms with Crippen molar-refractivity contribution in [2.24, 2.45) is 10.9 Å². The average Bonchev–Trinajstić information content (AvgIpc) is 2.98. The highest BCUT2D eigenvalue weighted by atomic mass is 127. The van der Waals surface area contributed by atoms with Gasteiger partial charge in [-0.15, -0.1) is 24.0 Å². The van der Waals surface area contributed by atoms with E-state index in [-0.39, 0.29) is 42.9 Å². The minimum absolute atomic E-state index is 0. The first-order valence-corrected chi connectivity index (χ1v) is 7.50. The van der Waals surface area contributed by atoms with Crippen molar-refractivity contribution in [2.75, 3.05) is 6.54 Å². The van der Waals surface area contributed by atoms with Gasteiger partial charge in [-0.1, -0.05) is 5.16 Å². The third-order valence-electron chi connectivity index (χ3n) is 3.77. The molecule has 1 aliphatic carbocycles. The van der Waals surface area contributed by atoms with Crippen molar-refractivity contribution in [2.45, 2.75) is 51.4 Å². The molecule has 0 saturated heterocycles. The molecule has 0 atom stereocenters. The van der Waals surface area contributed by atoms with Gasteiger partial charge in [0.15, 0.2) is 5.96 Å². The summed E-state index contributed by atoms with van der Waals surface area (Å²) >= 11 is 0. The number of guanidine groups is 1. The Labute approximate surface area is 150 Å². The van der Waals surface area contributed by atoms with Gasteiger partial charge < -0.3 is 15.2 Å². The van der Waals surface area contributed by atoms with Crippen molar-refractivity contribution in [1.29, 1.82) is 0 Å². The molecule has 0 aliphatic heterocycles. The Hall–Kier alpha value is -1.00. The molecule has 9 heteroatoms. The molecule has 1 aromatic rings. The number of hydrogen-bond acceptors (Lipinski definition) is 3. The Morgan fingerprint density at radius 2 is 2.04 bits per heavy atom. The fourth-order valence-electron chi connectivity index (χ4n) is 2.56. The molecule has 0 unspecified atom stereocenters. The van der Waals surface area contributed by atoms with Gasteiger partial charge in [0, 0.05) is 18.7 Å². The van der Waals surface area contributed by atoms with Crippen molar-refractivity contribution < 1.29 is 17.7 Å². The maximum atomic E-state index is 12.7. The van der Waals surface area contributed by atoms with Gasteiger partial charge in [0.1, 0.15) is 12.0 Å². The van der Waals surface area contributed by atoms with E-state index in [4.69, 9.17) is 4.52 Å². The number of hydrogen-bond donors (Lipinski definition) is 2. The summed E-state index contributed by atoms with van der Waals surface area (Å²) in [6, 6.07) is 1.75. The highest BCUT2D eigenvalue weighted by Crippen LogP contribution is 2.37. The van der Waals surface area contributed by atoms with E-state index in [1.165, 1.54) is 6.26 Å². The molecule has 2 N–H and O–H groups in total. The normalized spacial score (nSPS) is 22.3. The van der Waals surface area contributed by atoms with Crippen molar-refractivity contribution in [3.05, 3.63) is 18.0 Å². The predicted octanol–water partition coefficient (Wildman–Crippen LogP) is 3.47. The minimum Gasteiger partial charge on any atom is -0.364 e. The quantitative estimate of drug-likeness (QED) is 0.423. The Bertz CT molecular complexity index is 471. The van der Waals surface area contributed by atoms with Crippen molar-refractivity contribution in [3.63, 3.8) is 0 Å². The number of halogens is 4. The van der Waals surface area contributed by atoms with Crippen LogP contribution in [0.15, 0.2) is 21.8 Å². The fraction of sp³-hybridized carbons (Fsp3) is 0.714. The summed E-state index contributed by atoms with van der Waals surface area (Å²) in [5.41, 5.74) is 0.706. The summed E-state index contributed by atoms with van der Waals surface area (Å²) in [7, 11) is 0. The number of aromatic nitrogens is 1. The molecule has 5 nitrogen and oxygen atoms in total. The molecule has 0 aromatic carbocycles. The van der Waals surface area contributed by atoms with Crippen LogP contribution in [0.1, 0.15) is 38.3 Å². The van der Waals surface area contributed by atoms with E-state index < -0.39 is 12.1 Å². The second-order valence-corrected chi connectivity index (χ2v) is 5.42. The van der Waals surface area contributed by atoms with Crippen LogP contribution in [0.2, 0.25) is 0 Å². The number of nitrogens with zero attached hydrogens (tertiary/aromatic N) is 2. The van der Waals surface area contributed by atoms with Gasteiger partial charge in [-0.25, -0.2) is 4.99 Å². The van der Waals surface area contributed by atoms with Gasteiger partial charge >= 0.3 is 6.18 Å². The van der Waals surface area contributed by atoms with Crippen LogP contribution in [-0.2, 0) is 6.54 Å². The molecule has 1 aliphatic rings. The number of rotatable bonds is 4. The molecule has 0 radical (unpaired) electrons. The molecule has 1 fully saturated rings. The molecule has 1 heterocycles. The highest BCUT2D eigenvalue weighted by molar-refractivity contribution is 14.0. The third-order valence-corrected chi connectivity index (χ3v) is 3.77. The number of nitrogens with one attached hydrogen (secondary N) is 2. The topological polar surface area (TPSA) is 62.5 Å². The number of alkyl halides is 3. The second-order valence-electron chi connectivity index (χ2n) is 5.42. The smallest absolute Gasteiger partial charge is 0.364 e. The third kappa shape index (κ3) is 6.56. The van der Waals surface area contributed by atoms with E-state index >= 15 is 0 Å². The van der Waals surface area contributed by atoms with Crippen LogP contribution in [0.5, 0.6) is 0 Å². The predicted molar refractivity (Wildman–Crippen MR) is 91.7 cm³/mol. The van der Waals surface area contributed by atoms with Crippen LogP contribution < -0.4 is 10.6 Å². The van der Waals surface area contributed by atoms with Crippen molar-refractivity contribution in [1.82, 2.24) is 15.8 Å². The largest absolute Gasteiger partial charge is 0.391 e. The maximum absolute atomic E-state index is 12.7. The summed E-state index contributed by atoms with van der Waals surface area (Å²) in [6.45, 7) is 2.99. The van der Waals surface area contributed by atoms with Crippen LogP contribution in [0, 0.1) is 5.92 Å². The zero-order valence-electron chi connectivity index (χ0n) is 12.9. The van der Waals surface area contributed by atoms with E-state index in [9.17, 15) is 13.2 Å². The summed E-state index contributed by atoms with van der Waals surface area (Å²) in [5.74, 6) is -0.568. The lowest BCUT2D eigenvalue weighted by molar-refractivity contribution is -0.182. The summed E-state index contributed by atoms with van der Waals surface area (Å²) in [5, 5.41) is 10.1. The molecule has 132 valence electrons. The van der Waals surface area contributed by atoms with E-state index in [0.29, 0.717) is 37.6 Å². The van der Waals surface area contributed by atoms with E-state index in [1.54, 1.807) is 6.07 Å². The molecule has 1 saturated carbocycles. The fourth-order valence-corrected chi connectivity index (χ4v) is 2.56. The van der Waals surface area contributed by atoms with E-state index in [1.807, 2.05) is 6.92 Å². The van der Waals surface area contributed by atoms with Crippen molar-refractivity contribution >= 4 is 29.9 Å². The van der Waals surface area contributed by atoms with E-state index in [2.05, 4.69) is 20.8 Å². The van der Waals surface area contributed by atoms with Gasteiger partial charge in [0.2, 0.25) is 0 Å². The highest BCUT2D eigenvalue weighted by Gasteiger charge is 2.41. The monoisotopic (exact) mass is 446 g/mol. The standard InChI is InChI=1S/C14H21F3N4O.HI/c1-2-18-13(19-9-12-7-8-22-21-12)20-11-5-3-10(4-6-11)14(15,16)17;/h7-8,10-11H,2-6,9H2,1H3,(H2,18,19,20);1H. The molecular weight excluding hydrogens is 424 g/mol. The Morgan fingerprint density at radius 1 is 1.35 bits per heavy atom. The van der Waals surface area contributed by atoms with Crippen LogP contribution in [0.25, 0.3) is 0 Å². The van der Waals surface area contributed by atoms with Crippen LogP contribution in [-0.4, -0.2) is 29.9 Å². The van der Waals surface area contributed by atoms with Gasteiger partial charge in [-0.05, 0) is 32.6 Å². The summed E-state index contributed by atoms with van der Waals surface area (Å²) < 4.78 is 42.7. The molecule has 1 aromatic heterocycles. The van der Waals surface area contributed by atoms with Crippen molar-refractivity contribution in [3.8, 4) is 0 Å². The molecule has 0 spiro atoms. The number of aliphatic imine (C=N–C) groups is 1. The SMILES string of the molecule is CCNC(=NCc1ccon1)NC1CCC(C(F)(F)F)CC1.I. The Morgan fingerprint density at radius 3 is 2.57 bits per heavy atom. The zero-order valence-corrected chi connectivity index (χ0v) is 15.2. The van der Waals surface area contributed by atoms with Crippen LogP contribution >= 0.6 is 24.0 Å². The second kappa shape index (κ2) is 9.33. The van der Waals surface area contributed by atoms with Crippen LogP contribution in [0.3, 0.4) is 0 Å². The lowest BCUT2D eigenvalue weighted by Crippen LogP contribution is -2.45. The van der Waals surface area contributed by atoms with Gasteiger partial charge in [-0.2, -0.15) is 13.2 Å². The van der Waals surface area contributed by atoms with Gasteiger partial charge in [0.05, 0.1) is 12.5 Å². The molecule has 0 bridgehead atoms. The Balaban J connectivity index is 0.00000264. The Kier molecular flexibility index (Phi) is 8.13.